The number of amides is 1. The van der Waals surface area contributed by atoms with Gasteiger partial charge in [-0.15, -0.1) is 0 Å². The Hall–Kier alpha value is -2.43. The number of hydrogen-bond acceptors (Lipinski definition) is 6. The van der Waals surface area contributed by atoms with Crippen molar-refractivity contribution in [2.24, 2.45) is 0 Å². The molecule has 0 aromatic heterocycles. The number of rotatable bonds is 7. The standard InChI is InChI=1S/C25H27IN2O5/c1-2-33-20-5-3-4-18(16-20)23(29)21-22(17-6-8-19(26)9-7-17)28(25(31)24(21)30)11-10-27-12-14-32-15-13-27/h3-9,16,22,29H,2,10-15H2,1H3. The molecule has 2 aromatic carbocycles. The number of morpholine rings is 1. The Bertz CT molecular complexity index is 1050. The second-order valence-electron chi connectivity index (χ2n) is 7.96. The van der Waals surface area contributed by atoms with Gasteiger partial charge in [-0.3, -0.25) is 14.5 Å². The Balaban J connectivity index is 1.73. The number of ketones is 1. The third kappa shape index (κ3) is 5.23. The molecule has 2 fully saturated rings. The van der Waals surface area contributed by atoms with Crippen LogP contribution in [0, 0.1) is 3.57 Å². The third-order valence-corrected chi connectivity index (χ3v) is 6.62. The van der Waals surface area contributed by atoms with Crippen LogP contribution in [0.3, 0.4) is 0 Å². The minimum atomic E-state index is -0.667. The molecule has 0 radical (unpaired) electrons. The molecular formula is C25H27IN2O5. The van der Waals surface area contributed by atoms with Gasteiger partial charge in [-0.2, -0.15) is 0 Å². The van der Waals surface area contributed by atoms with E-state index >= 15 is 0 Å². The highest BCUT2D eigenvalue weighted by Crippen LogP contribution is 2.39. The lowest BCUT2D eigenvalue weighted by molar-refractivity contribution is -0.140. The van der Waals surface area contributed by atoms with Crippen LogP contribution in [0.15, 0.2) is 54.1 Å². The topological polar surface area (TPSA) is 79.3 Å². The number of aliphatic hydroxyl groups is 1. The minimum Gasteiger partial charge on any atom is -0.507 e. The van der Waals surface area contributed by atoms with Gasteiger partial charge in [-0.1, -0.05) is 24.3 Å². The van der Waals surface area contributed by atoms with Crippen LogP contribution >= 0.6 is 22.6 Å². The summed E-state index contributed by atoms with van der Waals surface area (Å²) in [4.78, 5) is 30.1. The number of carbonyl (C=O) groups excluding carboxylic acids is 2. The van der Waals surface area contributed by atoms with Crippen LogP contribution in [0.25, 0.3) is 5.76 Å². The molecule has 1 unspecified atom stereocenters. The number of benzene rings is 2. The number of aliphatic hydroxyl groups excluding tert-OH is 1. The van der Waals surface area contributed by atoms with Crippen LogP contribution in [-0.4, -0.2) is 72.6 Å². The maximum absolute atomic E-state index is 13.2. The van der Waals surface area contributed by atoms with Gasteiger partial charge in [0.1, 0.15) is 11.5 Å². The van der Waals surface area contributed by atoms with E-state index in [0.717, 1.165) is 22.2 Å². The zero-order chi connectivity index (χ0) is 23.4. The summed E-state index contributed by atoms with van der Waals surface area (Å²) < 4.78 is 12.0. The molecule has 2 heterocycles. The van der Waals surface area contributed by atoms with Crippen molar-refractivity contribution in [3.8, 4) is 5.75 Å². The largest absolute Gasteiger partial charge is 0.507 e. The molecule has 8 heteroatoms. The van der Waals surface area contributed by atoms with Crippen molar-refractivity contribution in [1.82, 2.24) is 9.80 Å². The molecule has 1 N–H and O–H groups in total. The van der Waals surface area contributed by atoms with Crippen molar-refractivity contribution in [3.05, 3.63) is 68.8 Å². The van der Waals surface area contributed by atoms with Gasteiger partial charge in [0.25, 0.3) is 11.7 Å². The summed E-state index contributed by atoms with van der Waals surface area (Å²) in [5, 5.41) is 11.2. The lowest BCUT2D eigenvalue weighted by atomic mass is 9.95. The van der Waals surface area contributed by atoms with Gasteiger partial charge in [0.05, 0.1) is 31.4 Å². The van der Waals surface area contributed by atoms with Crippen molar-refractivity contribution in [3.63, 3.8) is 0 Å². The predicted octanol–water partition coefficient (Wildman–Crippen LogP) is 3.44. The van der Waals surface area contributed by atoms with Crippen LogP contribution in [0.4, 0.5) is 0 Å². The number of carbonyl (C=O) groups is 2. The van der Waals surface area contributed by atoms with Crippen LogP contribution < -0.4 is 4.74 Å². The molecule has 2 aliphatic rings. The average Bonchev–Trinajstić information content (AvgIpc) is 3.08. The summed E-state index contributed by atoms with van der Waals surface area (Å²) in [6.45, 7) is 6.30. The molecule has 0 spiro atoms. The smallest absolute Gasteiger partial charge is 0.295 e. The molecule has 7 nitrogen and oxygen atoms in total. The highest BCUT2D eigenvalue weighted by molar-refractivity contribution is 14.1. The average molecular weight is 562 g/mol. The van der Waals surface area contributed by atoms with Crippen LogP contribution in [-0.2, 0) is 14.3 Å². The Labute approximate surface area is 207 Å². The molecule has 2 aliphatic heterocycles. The second-order valence-corrected chi connectivity index (χ2v) is 9.20. The van der Waals surface area contributed by atoms with Crippen molar-refractivity contribution in [2.75, 3.05) is 46.0 Å². The van der Waals surface area contributed by atoms with Crippen molar-refractivity contribution < 1.29 is 24.2 Å². The summed E-state index contributed by atoms with van der Waals surface area (Å²) in [7, 11) is 0. The SMILES string of the molecule is CCOc1cccc(C(O)=C2C(=O)C(=O)N(CCN3CCOCC3)C2c2ccc(I)cc2)c1. The Morgan fingerprint density at radius 2 is 1.85 bits per heavy atom. The first-order valence-electron chi connectivity index (χ1n) is 11.1. The summed E-state index contributed by atoms with van der Waals surface area (Å²) in [5.41, 5.74) is 1.35. The summed E-state index contributed by atoms with van der Waals surface area (Å²) in [6.07, 6.45) is 0. The maximum atomic E-state index is 13.2. The number of nitrogens with zero attached hydrogens (tertiary/aromatic N) is 2. The van der Waals surface area contributed by atoms with Crippen molar-refractivity contribution in [1.29, 1.82) is 0 Å². The predicted molar refractivity (Wildman–Crippen MR) is 133 cm³/mol. The second kappa shape index (κ2) is 10.7. The van der Waals surface area contributed by atoms with Gasteiger partial charge in [0.15, 0.2) is 0 Å². The lowest BCUT2D eigenvalue weighted by Gasteiger charge is -2.31. The summed E-state index contributed by atoms with van der Waals surface area (Å²) >= 11 is 2.22. The number of ether oxygens (including phenoxy) is 2. The van der Waals surface area contributed by atoms with Gasteiger partial charge in [-0.05, 0) is 59.3 Å². The van der Waals surface area contributed by atoms with Crippen molar-refractivity contribution >= 4 is 40.0 Å². The molecule has 0 bridgehead atoms. The molecule has 33 heavy (non-hydrogen) atoms. The molecule has 4 rings (SSSR count). The highest BCUT2D eigenvalue weighted by Gasteiger charge is 2.46. The molecule has 0 aliphatic carbocycles. The minimum absolute atomic E-state index is 0.108. The molecular weight excluding hydrogens is 535 g/mol. The van der Waals surface area contributed by atoms with E-state index in [1.54, 1.807) is 29.2 Å². The maximum Gasteiger partial charge on any atom is 0.295 e. The molecule has 174 valence electrons. The molecule has 2 aromatic rings. The van der Waals surface area contributed by atoms with Gasteiger partial charge < -0.3 is 19.5 Å². The lowest BCUT2D eigenvalue weighted by Crippen LogP contribution is -2.42. The molecule has 1 atom stereocenters. The third-order valence-electron chi connectivity index (χ3n) is 5.91. The van der Waals surface area contributed by atoms with E-state index in [4.69, 9.17) is 9.47 Å². The number of Topliss-reactive ketones (excluding diaryl/α,β-unsaturated/α-hetero) is 1. The van der Waals surface area contributed by atoms with E-state index in [1.807, 2.05) is 31.2 Å². The normalized spacial score (nSPS) is 20.9. The summed E-state index contributed by atoms with van der Waals surface area (Å²) in [5.74, 6) is -0.851. The number of hydrogen-bond donors (Lipinski definition) is 1. The van der Waals surface area contributed by atoms with Crippen molar-refractivity contribution in [2.45, 2.75) is 13.0 Å². The first kappa shape index (κ1) is 23.7. The van der Waals surface area contributed by atoms with E-state index in [1.165, 1.54) is 0 Å². The fourth-order valence-electron chi connectivity index (χ4n) is 4.23. The van der Waals surface area contributed by atoms with E-state index < -0.39 is 17.7 Å². The van der Waals surface area contributed by atoms with Crippen LogP contribution in [0.2, 0.25) is 0 Å². The van der Waals surface area contributed by atoms with E-state index in [0.29, 0.717) is 44.2 Å². The number of likely N-dealkylation sites (tertiary alicyclic amines) is 1. The number of halogens is 1. The summed E-state index contributed by atoms with van der Waals surface area (Å²) in [6, 6.07) is 14.0. The monoisotopic (exact) mass is 562 g/mol. The van der Waals surface area contributed by atoms with E-state index in [2.05, 4.69) is 27.5 Å². The quantitative estimate of drug-likeness (QED) is 0.241. The Morgan fingerprint density at radius 3 is 2.55 bits per heavy atom. The Morgan fingerprint density at radius 1 is 1.12 bits per heavy atom. The first-order chi connectivity index (χ1) is 16.0. The fourth-order valence-corrected chi connectivity index (χ4v) is 4.59. The zero-order valence-electron chi connectivity index (χ0n) is 18.5. The van der Waals surface area contributed by atoms with E-state index in [9.17, 15) is 14.7 Å². The van der Waals surface area contributed by atoms with Gasteiger partial charge >= 0.3 is 0 Å². The fraction of sp³-hybridized carbons (Fsp3) is 0.360. The molecule has 0 saturated carbocycles. The zero-order valence-corrected chi connectivity index (χ0v) is 20.7. The van der Waals surface area contributed by atoms with Crippen LogP contribution in [0.1, 0.15) is 24.1 Å². The van der Waals surface area contributed by atoms with Crippen LogP contribution in [0.5, 0.6) is 5.75 Å². The van der Waals surface area contributed by atoms with E-state index in [-0.39, 0.29) is 11.3 Å². The Kier molecular flexibility index (Phi) is 7.67. The molecule has 2 saturated heterocycles. The molecule has 1 amide bonds. The highest BCUT2D eigenvalue weighted by atomic mass is 127. The van der Waals surface area contributed by atoms with Gasteiger partial charge in [0, 0.05) is 35.3 Å². The van der Waals surface area contributed by atoms with Gasteiger partial charge in [-0.25, -0.2) is 0 Å². The first-order valence-corrected chi connectivity index (χ1v) is 12.1. The van der Waals surface area contributed by atoms with Gasteiger partial charge in [0.2, 0.25) is 0 Å².